The third-order valence-electron chi connectivity index (χ3n) is 2.26. The Labute approximate surface area is 99.3 Å². The molecule has 2 aromatic heterocycles. The Balaban J connectivity index is 2.30. The zero-order chi connectivity index (χ0) is 11.7. The molecule has 2 heterocycles. The molecule has 0 aliphatic rings. The van der Waals surface area contributed by atoms with Crippen LogP contribution in [0.3, 0.4) is 0 Å². The molecular formula is C11H13ClN4. The van der Waals surface area contributed by atoms with Crippen molar-refractivity contribution in [1.29, 1.82) is 0 Å². The van der Waals surface area contributed by atoms with Crippen LogP contribution in [0.4, 0.5) is 0 Å². The molecule has 0 bridgehead atoms. The second-order valence-corrected chi connectivity index (χ2v) is 4.22. The van der Waals surface area contributed by atoms with Crippen LogP contribution in [0.15, 0.2) is 12.1 Å². The Morgan fingerprint density at radius 2 is 1.88 bits per heavy atom. The average molecular weight is 237 g/mol. The Morgan fingerprint density at radius 1 is 1.12 bits per heavy atom. The van der Waals surface area contributed by atoms with Crippen molar-refractivity contribution < 1.29 is 0 Å². The highest BCUT2D eigenvalue weighted by Gasteiger charge is 2.05. The predicted octanol–water partition coefficient (Wildman–Crippen LogP) is 2.30. The van der Waals surface area contributed by atoms with Gasteiger partial charge in [-0.25, -0.2) is 9.97 Å². The molecule has 0 aromatic carbocycles. The summed E-state index contributed by atoms with van der Waals surface area (Å²) in [5.74, 6) is 0.691. The molecule has 0 spiro atoms. The number of nitrogens with zero attached hydrogens (tertiary/aromatic N) is 4. The van der Waals surface area contributed by atoms with E-state index in [-0.39, 0.29) is 0 Å². The highest BCUT2D eigenvalue weighted by molar-refractivity contribution is 6.29. The van der Waals surface area contributed by atoms with Gasteiger partial charge < -0.3 is 0 Å². The van der Waals surface area contributed by atoms with Crippen LogP contribution in [0.25, 0.3) is 0 Å². The van der Waals surface area contributed by atoms with Crippen molar-refractivity contribution in [3.63, 3.8) is 0 Å². The molecule has 0 fully saturated rings. The number of halogens is 1. The minimum absolute atomic E-state index is 0.476. The third-order valence-corrected chi connectivity index (χ3v) is 2.46. The van der Waals surface area contributed by atoms with Crippen LogP contribution < -0.4 is 0 Å². The van der Waals surface area contributed by atoms with Gasteiger partial charge in [0.1, 0.15) is 11.7 Å². The zero-order valence-corrected chi connectivity index (χ0v) is 10.3. The minimum Gasteiger partial charge on any atom is -0.262 e. The van der Waals surface area contributed by atoms with Crippen molar-refractivity contribution in [2.75, 3.05) is 0 Å². The Morgan fingerprint density at radius 3 is 2.44 bits per heavy atom. The number of aromatic nitrogens is 4. The van der Waals surface area contributed by atoms with Gasteiger partial charge >= 0.3 is 0 Å². The molecule has 0 aliphatic heterocycles. The van der Waals surface area contributed by atoms with Gasteiger partial charge in [-0.3, -0.25) is 4.68 Å². The average Bonchev–Trinajstić information content (AvgIpc) is 2.43. The first-order valence-electron chi connectivity index (χ1n) is 5.06. The lowest BCUT2D eigenvalue weighted by molar-refractivity contribution is 0.630. The summed E-state index contributed by atoms with van der Waals surface area (Å²) in [6, 6.07) is 3.77. The summed E-state index contributed by atoms with van der Waals surface area (Å²) in [6.07, 6.45) is 0. The molecule has 0 saturated heterocycles. The summed E-state index contributed by atoms with van der Waals surface area (Å²) < 4.78 is 1.88. The standard InChI is InChI=1S/C11H13ClN4/c1-7-5-10(12)14-11(13-7)6-16-9(3)4-8(2)15-16/h4-5H,6H2,1-3H3. The van der Waals surface area contributed by atoms with E-state index in [0.717, 1.165) is 17.1 Å². The van der Waals surface area contributed by atoms with Gasteiger partial charge in [0, 0.05) is 11.4 Å². The molecule has 0 N–H and O–H groups in total. The molecule has 2 aromatic rings. The maximum absolute atomic E-state index is 5.88. The second-order valence-electron chi connectivity index (χ2n) is 3.83. The van der Waals surface area contributed by atoms with Crippen molar-refractivity contribution >= 4 is 11.6 Å². The molecule has 5 heteroatoms. The van der Waals surface area contributed by atoms with Crippen LogP contribution in [0.1, 0.15) is 22.9 Å². The fourth-order valence-electron chi connectivity index (χ4n) is 1.63. The summed E-state index contributed by atoms with van der Waals surface area (Å²) in [4.78, 5) is 8.50. The van der Waals surface area contributed by atoms with Crippen LogP contribution in [-0.2, 0) is 6.54 Å². The second kappa shape index (κ2) is 4.22. The molecule has 2 rings (SSSR count). The SMILES string of the molecule is Cc1cc(Cl)nc(Cn2nc(C)cc2C)n1. The fraction of sp³-hybridized carbons (Fsp3) is 0.364. The van der Waals surface area contributed by atoms with E-state index in [2.05, 4.69) is 15.1 Å². The first-order valence-corrected chi connectivity index (χ1v) is 5.43. The fourth-order valence-corrected chi connectivity index (χ4v) is 1.88. The summed E-state index contributed by atoms with van der Waals surface area (Å²) in [7, 11) is 0. The molecule has 0 amide bonds. The molecule has 0 unspecified atom stereocenters. The van der Waals surface area contributed by atoms with Gasteiger partial charge in [-0.1, -0.05) is 11.6 Å². The molecule has 4 nitrogen and oxygen atoms in total. The summed E-state index contributed by atoms with van der Waals surface area (Å²) in [5.41, 5.74) is 2.96. The van der Waals surface area contributed by atoms with Crippen molar-refractivity contribution in [3.8, 4) is 0 Å². The maximum atomic E-state index is 5.88. The number of hydrogen-bond acceptors (Lipinski definition) is 3. The van der Waals surface area contributed by atoms with Gasteiger partial charge in [0.15, 0.2) is 5.82 Å². The lowest BCUT2D eigenvalue weighted by Crippen LogP contribution is -2.08. The normalized spacial score (nSPS) is 10.8. The van der Waals surface area contributed by atoms with Crippen molar-refractivity contribution in [3.05, 3.63) is 40.2 Å². The quantitative estimate of drug-likeness (QED) is 0.752. The van der Waals surface area contributed by atoms with Gasteiger partial charge in [-0.2, -0.15) is 5.10 Å². The first-order chi connectivity index (χ1) is 7.54. The van der Waals surface area contributed by atoms with E-state index < -0.39 is 0 Å². The number of hydrogen-bond donors (Lipinski definition) is 0. The van der Waals surface area contributed by atoms with E-state index >= 15 is 0 Å². The van der Waals surface area contributed by atoms with Crippen molar-refractivity contribution in [1.82, 2.24) is 19.7 Å². The van der Waals surface area contributed by atoms with E-state index in [1.54, 1.807) is 6.07 Å². The van der Waals surface area contributed by atoms with Gasteiger partial charge in [-0.15, -0.1) is 0 Å². The molecule has 0 saturated carbocycles. The smallest absolute Gasteiger partial charge is 0.151 e. The first kappa shape index (κ1) is 11.1. The Bertz CT molecular complexity index is 498. The topological polar surface area (TPSA) is 43.6 Å². The van der Waals surface area contributed by atoms with E-state index in [0.29, 0.717) is 17.5 Å². The van der Waals surface area contributed by atoms with Crippen LogP contribution >= 0.6 is 11.6 Å². The Kier molecular flexibility index (Phi) is 2.92. The number of rotatable bonds is 2. The number of aryl methyl sites for hydroxylation is 3. The summed E-state index contributed by atoms with van der Waals surface area (Å²) >= 11 is 5.88. The van der Waals surface area contributed by atoms with Gasteiger partial charge in [-0.05, 0) is 32.9 Å². The van der Waals surface area contributed by atoms with E-state index in [9.17, 15) is 0 Å². The lowest BCUT2D eigenvalue weighted by atomic mass is 10.4. The molecule has 0 atom stereocenters. The van der Waals surface area contributed by atoms with Crippen molar-refractivity contribution in [2.45, 2.75) is 27.3 Å². The van der Waals surface area contributed by atoms with Crippen LogP contribution in [-0.4, -0.2) is 19.7 Å². The predicted molar refractivity (Wildman–Crippen MR) is 62.6 cm³/mol. The summed E-state index contributed by atoms with van der Waals surface area (Å²) in [5, 5.41) is 4.83. The summed E-state index contributed by atoms with van der Waals surface area (Å²) in [6.45, 7) is 6.43. The van der Waals surface area contributed by atoms with Crippen LogP contribution in [0.2, 0.25) is 5.15 Å². The highest BCUT2D eigenvalue weighted by atomic mass is 35.5. The Hall–Kier alpha value is -1.42. The van der Waals surface area contributed by atoms with Gasteiger partial charge in [0.05, 0.1) is 5.69 Å². The van der Waals surface area contributed by atoms with E-state index in [1.807, 2.05) is 31.5 Å². The van der Waals surface area contributed by atoms with E-state index in [4.69, 9.17) is 11.6 Å². The molecule has 84 valence electrons. The lowest BCUT2D eigenvalue weighted by Gasteiger charge is -2.04. The molecule has 0 aliphatic carbocycles. The van der Waals surface area contributed by atoms with Crippen LogP contribution in [0, 0.1) is 20.8 Å². The monoisotopic (exact) mass is 236 g/mol. The van der Waals surface area contributed by atoms with Crippen LogP contribution in [0.5, 0.6) is 0 Å². The van der Waals surface area contributed by atoms with Crippen molar-refractivity contribution in [2.24, 2.45) is 0 Å². The maximum Gasteiger partial charge on any atom is 0.151 e. The zero-order valence-electron chi connectivity index (χ0n) is 9.53. The molecular weight excluding hydrogens is 224 g/mol. The minimum atomic E-state index is 0.476. The highest BCUT2D eigenvalue weighted by Crippen LogP contribution is 2.09. The van der Waals surface area contributed by atoms with Gasteiger partial charge in [0.2, 0.25) is 0 Å². The third kappa shape index (κ3) is 2.39. The van der Waals surface area contributed by atoms with Gasteiger partial charge in [0.25, 0.3) is 0 Å². The van der Waals surface area contributed by atoms with E-state index in [1.165, 1.54) is 0 Å². The largest absolute Gasteiger partial charge is 0.262 e. The molecule has 16 heavy (non-hydrogen) atoms. The molecule has 0 radical (unpaired) electrons.